The number of hydrogen-bond donors (Lipinski definition) is 1. The fraction of sp³-hybridized carbons (Fsp3) is 0.368. The van der Waals surface area contributed by atoms with Crippen LogP contribution in [0.25, 0.3) is 0 Å². The summed E-state index contributed by atoms with van der Waals surface area (Å²) >= 11 is 0. The van der Waals surface area contributed by atoms with Gasteiger partial charge in [0.2, 0.25) is 0 Å². The van der Waals surface area contributed by atoms with Crippen LogP contribution in [0.15, 0.2) is 48.7 Å². The van der Waals surface area contributed by atoms with Crippen LogP contribution < -0.4 is 5.32 Å². The standard InChI is InChI=1S/C19H22N4O/c1-15-9-17(7-8-20-15)21-18(24)23-13-19(14-23)11-22(12-19)10-16-5-3-2-4-6-16/h2-9H,10-14H2,1H3,(H,20,21,24). The lowest BCUT2D eigenvalue weighted by Gasteiger charge is -2.60. The molecule has 4 rings (SSSR count). The maximum atomic E-state index is 12.3. The van der Waals surface area contributed by atoms with E-state index in [1.165, 1.54) is 5.56 Å². The molecule has 3 heterocycles. The van der Waals surface area contributed by atoms with Crippen LogP contribution in [0.4, 0.5) is 10.5 Å². The molecule has 1 aromatic carbocycles. The van der Waals surface area contributed by atoms with Crippen LogP contribution in [0.5, 0.6) is 0 Å². The van der Waals surface area contributed by atoms with E-state index in [4.69, 9.17) is 0 Å². The van der Waals surface area contributed by atoms with Crippen LogP contribution in [-0.4, -0.2) is 47.0 Å². The summed E-state index contributed by atoms with van der Waals surface area (Å²) in [6.45, 7) is 6.80. The molecule has 0 bridgehead atoms. The van der Waals surface area contributed by atoms with Crippen LogP contribution in [0.1, 0.15) is 11.3 Å². The lowest BCUT2D eigenvalue weighted by atomic mass is 9.73. The minimum Gasteiger partial charge on any atom is -0.323 e. The average Bonchev–Trinajstić information content (AvgIpc) is 2.49. The van der Waals surface area contributed by atoms with Gasteiger partial charge in [0.25, 0.3) is 0 Å². The zero-order valence-corrected chi connectivity index (χ0v) is 13.9. The zero-order valence-electron chi connectivity index (χ0n) is 13.9. The number of nitrogens with zero attached hydrogens (tertiary/aromatic N) is 3. The molecule has 5 nitrogen and oxygen atoms in total. The Kier molecular flexibility index (Phi) is 3.73. The number of carbonyl (C=O) groups excluding carboxylic acids is 1. The number of rotatable bonds is 3. The van der Waals surface area contributed by atoms with Gasteiger partial charge in [-0.15, -0.1) is 0 Å². The van der Waals surface area contributed by atoms with E-state index in [0.29, 0.717) is 5.41 Å². The molecule has 0 radical (unpaired) electrons. The van der Waals surface area contributed by atoms with Gasteiger partial charge in [0.15, 0.2) is 0 Å². The lowest BCUT2D eigenvalue weighted by molar-refractivity contribution is -0.0964. The van der Waals surface area contributed by atoms with Crippen molar-refractivity contribution in [3.8, 4) is 0 Å². The molecule has 2 aliphatic rings. The number of hydrogen-bond acceptors (Lipinski definition) is 3. The number of urea groups is 1. The Balaban J connectivity index is 1.25. The van der Waals surface area contributed by atoms with Gasteiger partial charge < -0.3 is 10.2 Å². The first-order valence-electron chi connectivity index (χ1n) is 8.37. The van der Waals surface area contributed by atoms with E-state index in [1.54, 1.807) is 6.20 Å². The zero-order chi connectivity index (χ0) is 16.6. The van der Waals surface area contributed by atoms with Gasteiger partial charge in [-0.05, 0) is 24.6 Å². The van der Waals surface area contributed by atoms with Crippen molar-refractivity contribution in [2.45, 2.75) is 13.5 Å². The van der Waals surface area contributed by atoms with E-state index in [1.807, 2.05) is 30.0 Å². The molecule has 1 spiro atoms. The first kappa shape index (κ1) is 15.1. The van der Waals surface area contributed by atoms with Crippen molar-refractivity contribution in [3.05, 3.63) is 59.9 Å². The summed E-state index contributed by atoms with van der Waals surface area (Å²) in [6.07, 6.45) is 1.72. The van der Waals surface area contributed by atoms with Gasteiger partial charge in [0, 0.05) is 55.7 Å². The van der Waals surface area contributed by atoms with E-state index in [9.17, 15) is 4.79 Å². The van der Waals surface area contributed by atoms with Crippen LogP contribution in [0.3, 0.4) is 0 Å². The van der Waals surface area contributed by atoms with E-state index < -0.39 is 0 Å². The Morgan fingerprint density at radius 2 is 1.92 bits per heavy atom. The van der Waals surface area contributed by atoms with Crippen molar-refractivity contribution < 1.29 is 4.79 Å². The summed E-state index contributed by atoms with van der Waals surface area (Å²) in [6, 6.07) is 14.3. The monoisotopic (exact) mass is 322 g/mol. The number of benzene rings is 1. The summed E-state index contributed by atoms with van der Waals surface area (Å²) in [5.74, 6) is 0. The Hall–Kier alpha value is -2.40. The van der Waals surface area contributed by atoms with Gasteiger partial charge in [0.1, 0.15) is 0 Å². The lowest BCUT2D eigenvalue weighted by Crippen LogP contribution is -2.72. The molecule has 24 heavy (non-hydrogen) atoms. The molecule has 0 unspecified atom stereocenters. The topological polar surface area (TPSA) is 48.5 Å². The third kappa shape index (κ3) is 2.99. The second-order valence-corrected chi connectivity index (χ2v) is 7.10. The molecule has 0 atom stereocenters. The Labute approximate surface area is 142 Å². The molecule has 2 fully saturated rings. The molecule has 1 aromatic heterocycles. The minimum absolute atomic E-state index is 0.00673. The number of aryl methyl sites for hydroxylation is 1. The van der Waals surface area contributed by atoms with Crippen LogP contribution in [-0.2, 0) is 6.54 Å². The highest BCUT2D eigenvalue weighted by molar-refractivity contribution is 5.90. The van der Waals surface area contributed by atoms with Crippen molar-refractivity contribution in [1.29, 1.82) is 0 Å². The quantitative estimate of drug-likeness (QED) is 0.945. The van der Waals surface area contributed by atoms with Crippen LogP contribution in [0.2, 0.25) is 0 Å². The summed E-state index contributed by atoms with van der Waals surface area (Å²) < 4.78 is 0. The fourth-order valence-corrected chi connectivity index (χ4v) is 3.79. The number of likely N-dealkylation sites (tertiary alicyclic amines) is 2. The van der Waals surface area contributed by atoms with Gasteiger partial charge in [-0.2, -0.15) is 0 Å². The third-order valence-electron chi connectivity index (χ3n) is 4.85. The summed E-state index contributed by atoms with van der Waals surface area (Å²) in [7, 11) is 0. The molecule has 1 N–H and O–H groups in total. The van der Waals surface area contributed by atoms with Crippen molar-refractivity contribution in [3.63, 3.8) is 0 Å². The van der Waals surface area contributed by atoms with Gasteiger partial charge in [0.05, 0.1) is 0 Å². The predicted octanol–water partition coefficient (Wildman–Crippen LogP) is 2.74. The summed E-state index contributed by atoms with van der Waals surface area (Å²) in [5.41, 5.74) is 3.39. The predicted molar refractivity (Wildman–Crippen MR) is 93.7 cm³/mol. The minimum atomic E-state index is -0.00673. The maximum Gasteiger partial charge on any atom is 0.321 e. The molecule has 0 saturated carbocycles. The first-order chi connectivity index (χ1) is 11.6. The fourth-order valence-electron chi connectivity index (χ4n) is 3.79. The Bertz CT molecular complexity index is 732. The van der Waals surface area contributed by atoms with Crippen molar-refractivity contribution >= 4 is 11.7 Å². The average molecular weight is 322 g/mol. The molecule has 124 valence electrons. The van der Waals surface area contributed by atoms with Gasteiger partial charge in [-0.3, -0.25) is 9.88 Å². The first-order valence-corrected chi connectivity index (χ1v) is 8.37. The second-order valence-electron chi connectivity index (χ2n) is 7.10. The largest absolute Gasteiger partial charge is 0.323 e. The van der Waals surface area contributed by atoms with Gasteiger partial charge in [-0.25, -0.2) is 4.79 Å². The molecule has 5 heteroatoms. The smallest absolute Gasteiger partial charge is 0.321 e. The van der Waals surface area contributed by atoms with Crippen molar-refractivity contribution in [2.75, 3.05) is 31.5 Å². The Morgan fingerprint density at radius 3 is 2.62 bits per heavy atom. The van der Waals surface area contributed by atoms with Crippen molar-refractivity contribution in [2.24, 2.45) is 5.41 Å². The van der Waals surface area contributed by atoms with Gasteiger partial charge >= 0.3 is 6.03 Å². The molecule has 2 amide bonds. The molecule has 0 aliphatic carbocycles. The number of nitrogens with one attached hydrogen (secondary N) is 1. The number of anilines is 1. The normalized spacial score (nSPS) is 18.8. The Morgan fingerprint density at radius 1 is 1.17 bits per heavy atom. The molecule has 2 aliphatic heterocycles. The summed E-state index contributed by atoms with van der Waals surface area (Å²) in [4.78, 5) is 20.8. The molecular formula is C19H22N4O. The molecular weight excluding hydrogens is 300 g/mol. The number of carbonyl (C=O) groups is 1. The SMILES string of the molecule is Cc1cc(NC(=O)N2CC3(CN(Cc4ccccc4)C3)C2)ccn1. The summed E-state index contributed by atoms with van der Waals surface area (Å²) in [5, 5.41) is 2.96. The highest BCUT2D eigenvalue weighted by Crippen LogP contribution is 2.40. The van der Waals surface area contributed by atoms with E-state index in [-0.39, 0.29) is 6.03 Å². The van der Waals surface area contributed by atoms with Crippen LogP contribution >= 0.6 is 0 Å². The number of aromatic nitrogens is 1. The van der Waals surface area contributed by atoms with E-state index in [0.717, 1.165) is 44.1 Å². The number of amides is 2. The van der Waals surface area contributed by atoms with Crippen LogP contribution in [0, 0.1) is 12.3 Å². The number of pyridine rings is 1. The maximum absolute atomic E-state index is 12.3. The second kappa shape index (κ2) is 5.91. The molecule has 2 saturated heterocycles. The van der Waals surface area contributed by atoms with Gasteiger partial charge in [-0.1, -0.05) is 30.3 Å². The third-order valence-corrected chi connectivity index (χ3v) is 4.85. The van der Waals surface area contributed by atoms with E-state index in [2.05, 4.69) is 39.5 Å². The molecule has 2 aromatic rings. The van der Waals surface area contributed by atoms with Crippen molar-refractivity contribution in [1.82, 2.24) is 14.8 Å². The highest BCUT2D eigenvalue weighted by atomic mass is 16.2. The highest BCUT2D eigenvalue weighted by Gasteiger charge is 2.52. The van der Waals surface area contributed by atoms with E-state index >= 15 is 0 Å².